The second kappa shape index (κ2) is 5.57. The van der Waals surface area contributed by atoms with E-state index >= 15 is 0 Å². The molecule has 0 radical (unpaired) electrons. The number of rotatable bonds is 3. The van der Waals surface area contributed by atoms with Crippen LogP contribution in [-0.2, 0) is 6.18 Å². The number of hydrogen-bond donors (Lipinski definition) is 0. The van der Waals surface area contributed by atoms with E-state index in [1.165, 1.54) is 6.07 Å². The summed E-state index contributed by atoms with van der Waals surface area (Å²) < 4.78 is 43.5. The summed E-state index contributed by atoms with van der Waals surface area (Å²) in [6.45, 7) is 3.83. The quantitative estimate of drug-likeness (QED) is 0.754. The monoisotopic (exact) mass is 280 g/mol. The Morgan fingerprint density at radius 3 is 2.10 bits per heavy atom. The first-order chi connectivity index (χ1) is 9.36. The van der Waals surface area contributed by atoms with E-state index in [1.54, 1.807) is 30.3 Å². The van der Waals surface area contributed by atoms with Crippen LogP contribution in [0.3, 0.4) is 0 Å². The topological polar surface area (TPSA) is 9.23 Å². The van der Waals surface area contributed by atoms with Crippen molar-refractivity contribution in [3.63, 3.8) is 0 Å². The molecule has 0 spiro atoms. The fraction of sp³-hybridized carbons (Fsp3) is 0.250. The van der Waals surface area contributed by atoms with Crippen molar-refractivity contribution in [1.82, 2.24) is 0 Å². The van der Waals surface area contributed by atoms with Crippen molar-refractivity contribution >= 4 is 0 Å². The fourth-order valence-corrected chi connectivity index (χ4v) is 1.87. The van der Waals surface area contributed by atoms with Gasteiger partial charge in [-0.05, 0) is 49.2 Å². The lowest BCUT2D eigenvalue weighted by atomic mass is 10.0. The molecule has 0 atom stereocenters. The van der Waals surface area contributed by atoms with Crippen molar-refractivity contribution in [2.24, 2.45) is 0 Å². The van der Waals surface area contributed by atoms with Crippen molar-refractivity contribution in [3.05, 3.63) is 54.1 Å². The van der Waals surface area contributed by atoms with E-state index in [2.05, 4.69) is 0 Å². The predicted octanol–water partition coefficient (Wildman–Crippen LogP) is 5.16. The Kier molecular flexibility index (Phi) is 4.02. The minimum Gasteiger partial charge on any atom is -0.491 e. The van der Waals surface area contributed by atoms with Crippen LogP contribution in [0, 0.1) is 0 Å². The summed E-state index contributed by atoms with van der Waals surface area (Å²) in [5.74, 6) is 0.704. The largest absolute Gasteiger partial charge is 0.491 e. The maximum atomic E-state index is 12.7. The van der Waals surface area contributed by atoms with Gasteiger partial charge in [-0.25, -0.2) is 0 Å². The first-order valence-corrected chi connectivity index (χ1v) is 6.30. The molecule has 0 aliphatic carbocycles. The van der Waals surface area contributed by atoms with Gasteiger partial charge in [0.1, 0.15) is 5.75 Å². The van der Waals surface area contributed by atoms with Crippen LogP contribution >= 0.6 is 0 Å². The third-order valence-electron chi connectivity index (χ3n) is 2.75. The molecule has 0 saturated heterocycles. The molecule has 106 valence electrons. The summed E-state index contributed by atoms with van der Waals surface area (Å²) in [5, 5.41) is 0. The van der Waals surface area contributed by atoms with Crippen molar-refractivity contribution in [2.75, 3.05) is 0 Å². The molecule has 0 amide bonds. The van der Waals surface area contributed by atoms with E-state index in [4.69, 9.17) is 4.74 Å². The summed E-state index contributed by atoms with van der Waals surface area (Å²) in [5.41, 5.74) is 0.626. The lowest BCUT2D eigenvalue weighted by Crippen LogP contribution is -2.05. The summed E-state index contributed by atoms with van der Waals surface area (Å²) in [6.07, 6.45) is -4.26. The van der Waals surface area contributed by atoms with Gasteiger partial charge in [0.2, 0.25) is 0 Å². The average Bonchev–Trinajstić information content (AvgIpc) is 2.38. The Labute approximate surface area is 116 Å². The fourth-order valence-electron chi connectivity index (χ4n) is 1.87. The van der Waals surface area contributed by atoms with Gasteiger partial charge >= 0.3 is 6.18 Å². The molecule has 0 saturated carbocycles. The molecule has 1 nitrogen and oxygen atoms in total. The highest BCUT2D eigenvalue weighted by Gasteiger charge is 2.30. The maximum Gasteiger partial charge on any atom is 0.416 e. The number of benzene rings is 2. The highest BCUT2D eigenvalue weighted by Crippen LogP contribution is 2.32. The highest BCUT2D eigenvalue weighted by molar-refractivity contribution is 5.65. The molecule has 20 heavy (non-hydrogen) atoms. The maximum absolute atomic E-state index is 12.7. The third-order valence-corrected chi connectivity index (χ3v) is 2.75. The zero-order valence-corrected chi connectivity index (χ0v) is 11.2. The molecule has 2 aromatic carbocycles. The van der Waals surface area contributed by atoms with Crippen LogP contribution in [0.1, 0.15) is 19.4 Å². The first kappa shape index (κ1) is 14.4. The van der Waals surface area contributed by atoms with E-state index in [1.807, 2.05) is 13.8 Å². The highest BCUT2D eigenvalue weighted by atomic mass is 19.4. The van der Waals surface area contributed by atoms with Crippen LogP contribution in [0.4, 0.5) is 13.2 Å². The lowest BCUT2D eigenvalue weighted by Gasteiger charge is -2.11. The number of ether oxygens (including phenoxy) is 1. The van der Waals surface area contributed by atoms with Crippen LogP contribution in [0.25, 0.3) is 11.1 Å². The molecule has 0 aliphatic rings. The predicted molar refractivity (Wildman–Crippen MR) is 72.6 cm³/mol. The molecule has 0 aromatic heterocycles. The number of halogens is 3. The van der Waals surface area contributed by atoms with Gasteiger partial charge in [0.25, 0.3) is 0 Å². The van der Waals surface area contributed by atoms with Gasteiger partial charge in [0, 0.05) is 0 Å². The molecule has 0 unspecified atom stereocenters. The van der Waals surface area contributed by atoms with Crippen molar-refractivity contribution in [1.29, 1.82) is 0 Å². The molecular weight excluding hydrogens is 265 g/mol. The molecule has 0 aliphatic heterocycles. The summed E-state index contributed by atoms with van der Waals surface area (Å²) >= 11 is 0. The normalized spacial score (nSPS) is 11.7. The minimum absolute atomic E-state index is 0.0643. The number of alkyl halides is 3. The van der Waals surface area contributed by atoms with Gasteiger partial charge in [0.15, 0.2) is 0 Å². The minimum atomic E-state index is -4.32. The van der Waals surface area contributed by atoms with E-state index in [0.29, 0.717) is 11.3 Å². The van der Waals surface area contributed by atoms with Crippen molar-refractivity contribution in [2.45, 2.75) is 26.1 Å². The molecule has 0 fully saturated rings. The SMILES string of the molecule is CC(C)Oc1ccc(-c2cccc(C(F)(F)F)c2)cc1. The van der Waals surface area contributed by atoms with E-state index in [9.17, 15) is 13.2 Å². The van der Waals surface area contributed by atoms with Crippen molar-refractivity contribution < 1.29 is 17.9 Å². The zero-order chi connectivity index (χ0) is 14.8. The van der Waals surface area contributed by atoms with Gasteiger partial charge in [-0.3, -0.25) is 0 Å². The summed E-state index contributed by atoms with van der Waals surface area (Å²) in [7, 11) is 0. The number of hydrogen-bond acceptors (Lipinski definition) is 1. The third kappa shape index (κ3) is 3.53. The molecule has 2 rings (SSSR count). The molecular formula is C16H15F3O. The zero-order valence-electron chi connectivity index (χ0n) is 11.2. The Bertz CT molecular complexity index is 571. The first-order valence-electron chi connectivity index (χ1n) is 6.30. The van der Waals surface area contributed by atoms with Gasteiger partial charge < -0.3 is 4.74 Å². The molecule has 4 heteroatoms. The summed E-state index contributed by atoms with van der Waals surface area (Å²) in [4.78, 5) is 0. The smallest absolute Gasteiger partial charge is 0.416 e. The Balaban J connectivity index is 2.28. The second-order valence-electron chi connectivity index (χ2n) is 4.77. The average molecular weight is 280 g/mol. The van der Waals surface area contributed by atoms with Crippen LogP contribution in [0.15, 0.2) is 48.5 Å². The van der Waals surface area contributed by atoms with Gasteiger partial charge in [-0.2, -0.15) is 13.2 Å². The van der Waals surface area contributed by atoms with Crippen molar-refractivity contribution in [3.8, 4) is 16.9 Å². The van der Waals surface area contributed by atoms with Gasteiger partial charge in [-0.1, -0.05) is 24.3 Å². The van der Waals surface area contributed by atoms with Gasteiger partial charge in [-0.15, -0.1) is 0 Å². The van der Waals surface area contributed by atoms with E-state index < -0.39 is 11.7 Å². The van der Waals surface area contributed by atoms with Crippen LogP contribution in [-0.4, -0.2) is 6.10 Å². The summed E-state index contributed by atoms with van der Waals surface area (Å²) in [6, 6.07) is 12.3. The Hall–Kier alpha value is -1.97. The van der Waals surface area contributed by atoms with Crippen LogP contribution < -0.4 is 4.74 Å². The van der Waals surface area contributed by atoms with E-state index in [0.717, 1.165) is 17.7 Å². The van der Waals surface area contributed by atoms with E-state index in [-0.39, 0.29) is 6.10 Å². The lowest BCUT2D eigenvalue weighted by molar-refractivity contribution is -0.137. The Morgan fingerprint density at radius 2 is 1.55 bits per heavy atom. The van der Waals surface area contributed by atoms with Crippen LogP contribution in [0.5, 0.6) is 5.75 Å². The second-order valence-corrected chi connectivity index (χ2v) is 4.77. The molecule has 2 aromatic rings. The standard InChI is InChI=1S/C16H15F3O/c1-11(2)20-15-8-6-12(7-9-15)13-4-3-5-14(10-13)16(17,18)19/h3-11H,1-2H3. The molecule has 0 heterocycles. The molecule has 0 bridgehead atoms. The van der Waals surface area contributed by atoms with Crippen LogP contribution in [0.2, 0.25) is 0 Å². The molecule has 0 N–H and O–H groups in total. The van der Waals surface area contributed by atoms with Gasteiger partial charge in [0.05, 0.1) is 11.7 Å². The Morgan fingerprint density at radius 1 is 0.900 bits per heavy atom.